The monoisotopic (exact) mass is 218 g/mol. The predicted octanol–water partition coefficient (Wildman–Crippen LogP) is 1.75. The van der Waals surface area contributed by atoms with Gasteiger partial charge in [-0.25, -0.2) is 0 Å². The van der Waals surface area contributed by atoms with Gasteiger partial charge in [0, 0.05) is 0 Å². The summed E-state index contributed by atoms with van der Waals surface area (Å²) in [6.07, 6.45) is 2.35. The van der Waals surface area contributed by atoms with Gasteiger partial charge in [0.15, 0.2) is 12.4 Å². The summed E-state index contributed by atoms with van der Waals surface area (Å²) >= 11 is 0. The molecule has 3 heteroatoms. The van der Waals surface area contributed by atoms with Crippen LogP contribution in [-0.4, -0.2) is 18.4 Å². The second-order valence-corrected chi connectivity index (χ2v) is 4.00. The first-order valence-electron chi connectivity index (χ1n) is 5.50. The fraction of sp³-hybridized carbons (Fsp3) is 0.385. The summed E-state index contributed by atoms with van der Waals surface area (Å²) in [5.41, 5.74) is 1.24. The van der Waals surface area contributed by atoms with Gasteiger partial charge in [-0.05, 0) is 24.8 Å². The van der Waals surface area contributed by atoms with Crippen LogP contribution in [0.2, 0.25) is 0 Å². The molecule has 1 heterocycles. The van der Waals surface area contributed by atoms with Crippen LogP contribution in [0.15, 0.2) is 30.3 Å². The van der Waals surface area contributed by atoms with E-state index < -0.39 is 5.92 Å². The van der Waals surface area contributed by atoms with E-state index in [2.05, 4.69) is 12.1 Å². The van der Waals surface area contributed by atoms with Gasteiger partial charge >= 0.3 is 5.97 Å². The van der Waals surface area contributed by atoms with Gasteiger partial charge in [-0.3, -0.25) is 9.59 Å². The van der Waals surface area contributed by atoms with Gasteiger partial charge in [0.25, 0.3) is 0 Å². The highest BCUT2D eigenvalue weighted by Gasteiger charge is 2.34. The maximum Gasteiger partial charge on any atom is 0.317 e. The van der Waals surface area contributed by atoms with Crippen molar-refractivity contribution >= 4 is 11.8 Å². The van der Waals surface area contributed by atoms with Crippen LogP contribution in [0, 0.1) is 5.92 Å². The molecule has 1 aliphatic heterocycles. The van der Waals surface area contributed by atoms with Crippen molar-refractivity contribution in [3.05, 3.63) is 35.9 Å². The number of ether oxygens (including phenoxy) is 1. The number of Topliss-reactive ketones (excluding diaryl/α,β-unsaturated/α-hetero) is 1. The van der Waals surface area contributed by atoms with Crippen molar-refractivity contribution in [2.24, 2.45) is 5.92 Å². The lowest BCUT2D eigenvalue weighted by atomic mass is 9.98. The van der Waals surface area contributed by atoms with Gasteiger partial charge in [-0.1, -0.05) is 30.3 Å². The summed E-state index contributed by atoms with van der Waals surface area (Å²) in [5.74, 6) is -0.931. The number of rotatable bonds is 4. The van der Waals surface area contributed by atoms with Crippen LogP contribution in [-0.2, 0) is 20.7 Å². The van der Waals surface area contributed by atoms with E-state index in [1.54, 1.807) is 0 Å². The van der Waals surface area contributed by atoms with Crippen molar-refractivity contribution in [3.8, 4) is 0 Å². The van der Waals surface area contributed by atoms with E-state index in [0.717, 1.165) is 12.8 Å². The summed E-state index contributed by atoms with van der Waals surface area (Å²) in [4.78, 5) is 22.5. The zero-order valence-electron chi connectivity index (χ0n) is 9.02. The number of ketones is 1. The highest BCUT2D eigenvalue weighted by atomic mass is 16.5. The topological polar surface area (TPSA) is 43.4 Å². The van der Waals surface area contributed by atoms with Crippen LogP contribution in [0.3, 0.4) is 0 Å². The van der Waals surface area contributed by atoms with E-state index in [1.165, 1.54) is 5.56 Å². The zero-order valence-corrected chi connectivity index (χ0v) is 9.02. The molecule has 1 aromatic carbocycles. The Bertz CT molecular complexity index is 367. The van der Waals surface area contributed by atoms with E-state index in [-0.39, 0.29) is 18.4 Å². The smallest absolute Gasteiger partial charge is 0.317 e. The minimum absolute atomic E-state index is 0.0329. The zero-order chi connectivity index (χ0) is 11.4. The number of esters is 1. The third-order valence-electron chi connectivity index (χ3n) is 2.83. The Hall–Kier alpha value is -1.64. The Morgan fingerprint density at radius 3 is 2.56 bits per heavy atom. The minimum atomic E-state index is -0.510. The Morgan fingerprint density at radius 2 is 1.94 bits per heavy atom. The number of carbonyl (C=O) groups excluding carboxylic acids is 2. The first kappa shape index (κ1) is 10.9. The van der Waals surface area contributed by atoms with Gasteiger partial charge in [-0.2, -0.15) is 0 Å². The van der Waals surface area contributed by atoms with Gasteiger partial charge < -0.3 is 4.74 Å². The summed E-state index contributed by atoms with van der Waals surface area (Å²) in [5, 5.41) is 0. The molecule has 1 aliphatic rings. The fourth-order valence-corrected chi connectivity index (χ4v) is 1.91. The van der Waals surface area contributed by atoms with Crippen molar-refractivity contribution in [2.45, 2.75) is 19.3 Å². The third-order valence-corrected chi connectivity index (χ3v) is 2.83. The molecule has 1 aromatic rings. The largest absolute Gasteiger partial charge is 0.457 e. The maximum absolute atomic E-state index is 11.3. The Morgan fingerprint density at radius 1 is 1.19 bits per heavy atom. The van der Waals surface area contributed by atoms with E-state index >= 15 is 0 Å². The van der Waals surface area contributed by atoms with Crippen LogP contribution >= 0.6 is 0 Å². The molecule has 0 spiro atoms. The van der Waals surface area contributed by atoms with Crippen LogP contribution in [0.4, 0.5) is 0 Å². The molecule has 0 radical (unpaired) electrons. The molecular formula is C13H14O3. The second-order valence-electron chi connectivity index (χ2n) is 4.00. The van der Waals surface area contributed by atoms with Gasteiger partial charge in [-0.15, -0.1) is 0 Å². The summed E-state index contributed by atoms with van der Waals surface area (Å²) in [6, 6.07) is 10.1. The number of hydrogen-bond acceptors (Lipinski definition) is 3. The van der Waals surface area contributed by atoms with Crippen molar-refractivity contribution in [1.82, 2.24) is 0 Å². The van der Waals surface area contributed by atoms with Crippen molar-refractivity contribution in [2.75, 3.05) is 6.61 Å². The highest BCUT2D eigenvalue weighted by Crippen LogP contribution is 2.18. The summed E-state index contributed by atoms with van der Waals surface area (Å²) in [6.45, 7) is -0.0329. The third kappa shape index (κ3) is 2.48. The van der Waals surface area contributed by atoms with Crippen molar-refractivity contribution < 1.29 is 14.3 Å². The van der Waals surface area contributed by atoms with Crippen molar-refractivity contribution in [1.29, 1.82) is 0 Å². The minimum Gasteiger partial charge on any atom is -0.457 e. The average Bonchev–Trinajstić information content (AvgIpc) is 2.62. The standard InChI is InChI=1S/C13H14O3/c14-12-9-16-13(15)11(12)8-4-7-10-5-2-1-3-6-10/h1-3,5-6,11H,4,7-9H2. The van der Waals surface area contributed by atoms with E-state index in [1.807, 2.05) is 18.2 Å². The molecule has 84 valence electrons. The lowest BCUT2D eigenvalue weighted by Gasteiger charge is -2.04. The van der Waals surface area contributed by atoms with E-state index in [9.17, 15) is 9.59 Å². The molecule has 1 saturated heterocycles. The molecule has 2 rings (SSSR count). The molecule has 3 nitrogen and oxygen atoms in total. The molecule has 1 atom stereocenters. The number of aryl methyl sites for hydroxylation is 1. The molecule has 0 bridgehead atoms. The normalized spacial score (nSPS) is 19.9. The van der Waals surface area contributed by atoms with Crippen LogP contribution in [0.25, 0.3) is 0 Å². The first-order chi connectivity index (χ1) is 7.77. The van der Waals surface area contributed by atoms with Gasteiger partial charge in [0.1, 0.15) is 5.92 Å². The SMILES string of the molecule is O=C1COC(=O)C1CCCc1ccccc1. The lowest BCUT2D eigenvalue weighted by Crippen LogP contribution is -2.15. The number of cyclic esters (lactones) is 1. The van der Waals surface area contributed by atoms with Crippen LogP contribution in [0.1, 0.15) is 18.4 Å². The average molecular weight is 218 g/mol. The molecule has 1 fully saturated rings. The van der Waals surface area contributed by atoms with Gasteiger partial charge in [0.05, 0.1) is 0 Å². The molecule has 0 N–H and O–H groups in total. The van der Waals surface area contributed by atoms with E-state index in [4.69, 9.17) is 4.74 Å². The highest BCUT2D eigenvalue weighted by molar-refractivity contribution is 6.04. The molecule has 0 aromatic heterocycles. The summed E-state index contributed by atoms with van der Waals surface area (Å²) < 4.78 is 4.69. The molecular weight excluding hydrogens is 204 g/mol. The number of hydrogen-bond donors (Lipinski definition) is 0. The predicted molar refractivity (Wildman–Crippen MR) is 58.8 cm³/mol. The maximum atomic E-state index is 11.3. The van der Waals surface area contributed by atoms with Crippen LogP contribution in [0.5, 0.6) is 0 Å². The molecule has 0 saturated carbocycles. The fourth-order valence-electron chi connectivity index (χ4n) is 1.91. The summed E-state index contributed by atoms with van der Waals surface area (Å²) in [7, 11) is 0. The number of benzene rings is 1. The Labute approximate surface area is 94.4 Å². The van der Waals surface area contributed by atoms with Crippen LogP contribution < -0.4 is 0 Å². The first-order valence-corrected chi connectivity index (χ1v) is 5.50. The van der Waals surface area contributed by atoms with Crippen molar-refractivity contribution in [3.63, 3.8) is 0 Å². The lowest BCUT2D eigenvalue weighted by molar-refractivity contribution is -0.141. The Balaban J connectivity index is 1.80. The molecule has 0 aliphatic carbocycles. The molecule has 1 unspecified atom stereocenters. The Kier molecular flexibility index (Phi) is 3.34. The number of carbonyl (C=O) groups is 2. The molecule has 16 heavy (non-hydrogen) atoms. The van der Waals surface area contributed by atoms with E-state index in [0.29, 0.717) is 6.42 Å². The second kappa shape index (κ2) is 4.92. The molecule has 0 amide bonds. The van der Waals surface area contributed by atoms with Gasteiger partial charge in [0.2, 0.25) is 0 Å². The quantitative estimate of drug-likeness (QED) is 0.571.